The number of amides is 1. The van der Waals surface area contributed by atoms with Gasteiger partial charge in [-0.1, -0.05) is 0 Å². The minimum atomic E-state index is -1.91. The molecule has 1 amide bonds. The molecule has 0 radical (unpaired) electrons. The fraction of sp³-hybridized carbons (Fsp3) is 0.929. The molecule has 3 aliphatic carbocycles. The van der Waals surface area contributed by atoms with Gasteiger partial charge in [-0.15, -0.1) is 0 Å². The van der Waals surface area contributed by atoms with Crippen molar-refractivity contribution < 1.29 is 49.6 Å². The molecule has 2 heterocycles. The Balaban J connectivity index is 1.34. The van der Waals surface area contributed by atoms with Crippen LogP contribution in [0.1, 0.15) is 32.1 Å². The van der Waals surface area contributed by atoms with E-state index in [2.05, 4.69) is 15.6 Å². The first-order chi connectivity index (χ1) is 22.1. The van der Waals surface area contributed by atoms with E-state index in [0.29, 0.717) is 19.0 Å². The molecule has 0 aromatic rings. The second-order valence-corrected chi connectivity index (χ2v) is 14.0. The summed E-state index contributed by atoms with van der Waals surface area (Å²) in [6.45, 7) is 0.399. The molecular weight excluding hydrogens is 622 g/mol. The minimum absolute atomic E-state index is 0.00207. The van der Waals surface area contributed by atoms with Gasteiger partial charge in [0.15, 0.2) is 17.9 Å². The van der Waals surface area contributed by atoms with Crippen molar-refractivity contribution in [2.24, 2.45) is 51.2 Å². The van der Waals surface area contributed by atoms with Gasteiger partial charge < -0.3 is 89.9 Å². The van der Waals surface area contributed by atoms with Crippen molar-refractivity contribution >= 4 is 11.9 Å². The van der Waals surface area contributed by atoms with Crippen LogP contribution in [0.2, 0.25) is 0 Å². The van der Waals surface area contributed by atoms with Crippen LogP contribution in [-0.4, -0.2) is 159 Å². The number of rotatable bonds is 11. The number of aliphatic hydroxyl groups excluding tert-OH is 5. The number of ether oxygens (including phenoxy) is 3. The van der Waals surface area contributed by atoms with Crippen LogP contribution in [0.4, 0.5) is 0 Å². The van der Waals surface area contributed by atoms with E-state index in [4.69, 9.17) is 48.6 Å². The van der Waals surface area contributed by atoms with Crippen LogP contribution in [0, 0.1) is 11.8 Å². The van der Waals surface area contributed by atoms with Crippen molar-refractivity contribution in [3.63, 3.8) is 0 Å². The van der Waals surface area contributed by atoms with Crippen molar-refractivity contribution in [2.75, 3.05) is 19.7 Å². The van der Waals surface area contributed by atoms with E-state index in [9.17, 15) is 35.4 Å². The van der Waals surface area contributed by atoms with Crippen LogP contribution in [0.15, 0.2) is 4.99 Å². The van der Waals surface area contributed by atoms with E-state index < -0.39 is 109 Å². The maximum atomic E-state index is 13.3. The third kappa shape index (κ3) is 7.68. The molecule has 5 aliphatic rings. The number of hydrogen-bond donors (Lipinski definition) is 14. The van der Waals surface area contributed by atoms with Crippen LogP contribution >= 0.6 is 0 Å². The van der Waals surface area contributed by atoms with Crippen LogP contribution < -0.4 is 45.0 Å². The molecule has 270 valence electrons. The topological polar surface area (TPSA) is 359 Å². The molecule has 20 N–H and O–H groups in total. The van der Waals surface area contributed by atoms with E-state index in [0.717, 1.165) is 12.8 Å². The summed E-state index contributed by atoms with van der Waals surface area (Å²) in [6, 6.07) is -4.53. The molecule has 0 bridgehead atoms. The van der Waals surface area contributed by atoms with Crippen molar-refractivity contribution in [3.05, 3.63) is 0 Å². The summed E-state index contributed by atoms with van der Waals surface area (Å²) in [6.07, 6.45) is -8.99. The van der Waals surface area contributed by atoms with Crippen molar-refractivity contribution in [2.45, 2.75) is 129 Å². The number of carbonyl (C=O) groups is 1. The Hall–Kier alpha value is -1.82. The van der Waals surface area contributed by atoms with Crippen LogP contribution in [0.5, 0.6) is 0 Å². The molecule has 19 heteroatoms. The summed E-state index contributed by atoms with van der Waals surface area (Å²) in [5.41, 5.74) is 33.9. The number of carbonyl (C=O) groups excluding carboxylic acids is 1. The predicted octanol–water partition coefficient (Wildman–Crippen LogP) is -7.72. The molecule has 16 unspecified atom stereocenters. The predicted molar refractivity (Wildman–Crippen MR) is 165 cm³/mol. The SMILES string of the molecule is NC(N)=NC1CC1(O)C(=O)NC1CC(N)C(C2OC(CNCC3CC(N)C3)C(O)CC2N)C(O)C1OC1OC(CO)C(O)C(N)C1O. The van der Waals surface area contributed by atoms with Gasteiger partial charge in [-0.25, -0.2) is 4.99 Å². The molecule has 0 aromatic heterocycles. The molecular formula is C28H53N9O10. The lowest BCUT2D eigenvalue weighted by atomic mass is 9.72. The average molecular weight is 676 g/mol. The van der Waals surface area contributed by atoms with E-state index >= 15 is 0 Å². The van der Waals surface area contributed by atoms with E-state index in [-0.39, 0.29) is 31.3 Å². The summed E-state index contributed by atoms with van der Waals surface area (Å²) in [5, 5.41) is 70.4. The number of nitrogens with two attached hydrogens (primary N) is 6. The fourth-order valence-electron chi connectivity index (χ4n) is 7.44. The molecule has 3 saturated carbocycles. The van der Waals surface area contributed by atoms with Gasteiger partial charge in [0.1, 0.15) is 24.4 Å². The lowest BCUT2D eigenvalue weighted by Gasteiger charge is -2.51. The second kappa shape index (κ2) is 14.6. The normalized spacial score (nSPS) is 49.9. The Bertz CT molecular complexity index is 1120. The first-order valence-electron chi connectivity index (χ1n) is 16.3. The van der Waals surface area contributed by atoms with Crippen molar-refractivity contribution in [1.82, 2.24) is 10.6 Å². The molecule has 0 spiro atoms. The molecule has 5 rings (SSSR count). The zero-order valence-corrected chi connectivity index (χ0v) is 26.2. The standard InChI is InChI=1S/C28H53N9O10/c29-10-1-9(2-10)6-35-7-15-14(39)4-12(31)23(45-15)18-11(30)3-13(36-26(43)28(44)5-17(28)37-27(33)34)24(21(18)41)47-25-22(42)19(32)20(40)16(8-38)46-25/h9-25,35,38-42,44H,1-8,29-32H2,(H,36,43)(H4,33,34,37). The smallest absolute Gasteiger partial charge is 0.254 e. The zero-order chi connectivity index (χ0) is 34.4. The highest BCUT2D eigenvalue weighted by molar-refractivity contribution is 5.90. The largest absolute Gasteiger partial charge is 0.394 e. The number of nitrogens with zero attached hydrogens (tertiary/aromatic N) is 1. The summed E-state index contributed by atoms with van der Waals surface area (Å²) < 4.78 is 18.0. The molecule has 19 nitrogen and oxygen atoms in total. The Kier molecular flexibility index (Phi) is 11.3. The van der Waals surface area contributed by atoms with Gasteiger partial charge in [0, 0.05) is 37.0 Å². The highest BCUT2D eigenvalue weighted by Gasteiger charge is 2.61. The first-order valence-corrected chi connectivity index (χ1v) is 16.3. The van der Waals surface area contributed by atoms with Crippen LogP contribution in [0.25, 0.3) is 0 Å². The van der Waals surface area contributed by atoms with E-state index in [1.165, 1.54) is 0 Å². The van der Waals surface area contributed by atoms with E-state index in [1.54, 1.807) is 0 Å². The van der Waals surface area contributed by atoms with Gasteiger partial charge in [-0.05, 0) is 38.1 Å². The highest BCUT2D eigenvalue weighted by Crippen LogP contribution is 2.41. The maximum Gasteiger partial charge on any atom is 0.254 e. The van der Waals surface area contributed by atoms with Crippen LogP contribution in [0.3, 0.4) is 0 Å². The second-order valence-electron chi connectivity index (χ2n) is 14.0. The Morgan fingerprint density at radius 1 is 0.915 bits per heavy atom. The molecule has 5 fully saturated rings. The average Bonchev–Trinajstić information content (AvgIpc) is 3.64. The van der Waals surface area contributed by atoms with Gasteiger partial charge in [0.2, 0.25) is 0 Å². The van der Waals surface area contributed by atoms with E-state index in [1.807, 2.05) is 0 Å². The summed E-state index contributed by atoms with van der Waals surface area (Å²) in [4.78, 5) is 17.1. The summed E-state index contributed by atoms with van der Waals surface area (Å²) in [7, 11) is 0. The van der Waals surface area contributed by atoms with Gasteiger partial charge >= 0.3 is 0 Å². The highest BCUT2D eigenvalue weighted by atomic mass is 16.7. The van der Waals surface area contributed by atoms with Crippen molar-refractivity contribution in [1.29, 1.82) is 0 Å². The molecule has 16 atom stereocenters. The summed E-state index contributed by atoms with van der Waals surface area (Å²) in [5.74, 6) is -1.56. The molecule has 47 heavy (non-hydrogen) atoms. The monoisotopic (exact) mass is 675 g/mol. The number of hydrogen-bond acceptors (Lipinski definition) is 16. The quantitative estimate of drug-likeness (QED) is 0.0714. The number of aliphatic hydroxyl groups is 6. The third-order valence-corrected chi connectivity index (χ3v) is 10.4. The zero-order valence-electron chi connectivity index (χ0n) is 26.2. The Morgan fingerprint density at radius 3 is 2.26 bits per heavy atom. The lowest BCUT2D eigenvalue weighted by molar-refractivity contribution is -0.306. The number of nitrogens with one attached hydrogen (secondary N) is 2. The molecule has 2 aliphatic heterocycles. The first kappa shape index (κ1) is 36.5. The van der Waals surface area contributed by atoms with Gasteiger partial charge in [-0.3, -0.25) is 4.79 Å². The van der Waals surface area contributed by atoms with Crippen LogP contribution in [-0.2, 0) is 19.0 Å². The van der Waals surface area contributed by atoms with Gasteiger partial charge in [-0.2, -0.15) is 0 Å². The fourth-order valence-corrected chi connectivity index (χ4v) is 7.44. The Morgan fingerprint density at radius 2 is 1.62 bits per heavy atom. The number of aliphatic imine (C=N–C) groups is 1. The Labute approximate surface area is 272 Å². The van der Waals surface area contributed by atoms with Crippen molar-refractivity contribution in [3.8, 4) is 0 Å². The summed E-state index contributed by atoms with van der Waals surface area (Å²) >= 11 is 0. The molecule has 2 saturated heterocycles. The van der Waals surface area contributed by atoms with Gasteiger partial charge in [0.05, 0.1) is 49.1 Å². The maximum absolute atomic E-state index is 13.3. The minimum Gasteiger partial charge on any atom is -0.394 e. The molecule has 0 aromatic carbocycles. The number of guanidine groups is 1. The van der Waals surface area contributed by atoms with Gasteiger partial charge in [0.25, 0.3) is 5.91 Å². The lowest BCUT2D eigenvalue weighted by Crippen LogP contribution is -2.70. The third-order valence-electron chi connectivity index (χ3n) is 10.4.